The maximum Gasteiger partial charge on any atom is 0.420 e. The van der Waals surface area contributed by atoms with Gasteiger partial charge in [0.15, 0.2) is 0 Å². The molecule has 1 aromatic carbocycles. The lowest BCUT2D eigenvalue weighted by Gasteiger charge is -2.16. The zero-order valence-electron chi connectivity index (χ0n) is 10.8. The molecule has 0 aliphatic rings. The number of alkyl halides is 3. The number of ether oxygens (including phenoxy) is 1. The lowest BCUT2D eigenvalue weighted by molar-refractivity contribution is -0.139. The number of hydrogen-bond acceptors (Lipinski definition) is 4. The Labute approximate surface area is 124 Å². The summed E-state index contributed by atoms with van der Waals surface area (Å²) in [6, 6.07) is 4.51. The predicted octanol–water partition coefficient (Wildman–Crippen LogP) is 3.16. The molecule has 0 heterocycles. The molecule has 0 aromatic heterocycles. The Kier molecular flexibility index (Phi) is 5.48. The molecule has 0 bridgehead atoms. The minimum atomic E-state index is -4.68. The van der Waals surface area contributed by atoms with Gasteiger partial charge in [0, 0.05) is 16.6 Å². The van der Waals surface area contributed by atoms with Crippen molar-refractivity contribution in [1.82, 2.24) is 0 Å². The summed E-state index contributed by atoms with van der Waals surface area (Å²) in [4.78, 5) is 0. The van der Waals surface area contributed by atoms with Crippen LogP contribution in [0.5, 0.6) is 5.75 Å². The van der Waals surface area contributed by atoms with Gasteiger partial charge in [-0.15, -0.1) is 0 Å². The summed E-state index contributed by atoms with van der Waals surface area (Å²) >= 11 is 0. The molecule has 0 N–H and O–H groups in total. The van der Waals surface area contributed by atoms with Crippen molar-refractivity contribution >= 4 is 19.7 Å². The van der Waals surface area contributed by atoms with Gasteiger partial charge in [-0.05, 0) is 18.2 Å². The van der Waals surface area contributed by atoms with Gasteiger partial charge >= 0.3 is 6.18 Å². The molecule has 1 rings (SSSR count). The average Bonchev–Trinajstić information content (AvgIpc) is 2.33. The first-order valence-corrected chi connectivity index (χ1v) is 8.17. The second kappa shape index (κ2) is 6.54. The smallest absolute Gasteiger partial charge is 0.420 e. The molecule has 0 fully saturated rings. The minimum Gasteiger partial charge on any atom is -0.493 e. The number of hydrogen-bond donors (Lipinski definition) is 0. The van der Waals surface area contributed by atoms with Crippen LogP contribution in [-0.2, 0) is 15.2 Å². The van der Waals surface area contributed by atoms with Crippen molar-refractivity contribution in [2.45, 2.75) is 13.1 Å². The van der Waals surface area contributed by atoms with Crippen LogP contribution in [0.3, 0.4) is 0 Å². The van der Waals surface area contributed by atoms with Gasteiger partial charge in [-0.2, -0.15) is 18.4 Å². The Morgan fingerprint density at radius 3 is 2.52 bits per heavy atom. The van der Waals surface area contributed by atoms with E-state index in [1.54, 1.807) is 6.07 Å². The summed E-state index contributed by atoms with van der Waals surface area (Å²) < 4.78 is 65.3. The van der Waals surface area contributed by atoms with E-state index in [0.29, 0.717) is 6.07 Å². The van der Waals surface area contributed by atoms with Gasteiger partial charge < -0.3 is 4.74 Å². The van der Waals surface area contributed by atoms with Crippen molar-refractivity contribution in [3.8, 4) is 11.8 Å². The van der Waals surface area contributed by atoms with E-state index in [9.17, 15) is 21.6 Å². The first-order chi connectivity index (χ1) is 9.53. The lowest BCUT2D eigenvalue weighted by Crippen LogP contribution is -2.18. The Hall–Kier alpha value is -1.46. The van der Waals surface area contributed by atoms with Crippen LogP contribution in [-0.4, -0.2) is 20.8 Å². The molecule has 0 saturated carbocycles. The number of halogens is 4. The van der Waals surface area contributed by atoms with E-state index < -0.39 is 38.2 Å². The molecule has 0 spiro atoms. The Morgan fingerprint density at radius 2 is 2.05 bits per heavy atom. The zero-order chi connectivity index (χ0) is 16.3. The van der Waals surface area contributed by atoms with Crippen molar-refractivity contribution in [1.29, 1.82) is 5.26 Å². The van der Waals surface area contributed by atoms with Gasteiger partial charge in [-0.25, -0.2) is 8.42 Å². The third-order valence-corrected chi connectivity index (χ3v) is 3.77. The molecular formula is C12H11ClF3NO3S. The van der Waals surface area contributed by atoms with E-state index in [4.69, 9.17) is 20.7 Å². The number of nitriles is 1. The third kappa shape index (κ3) is 5.81. The number of benzene rings is 1. The highest BCUT2D eigenvalue weighted by atomic mass is 35.7. The van der Waals surface area contributed by atoms with Crippen LogP contribution >= 0.6 is 10.7 Å². The van der Waals surface area contributed by atoms with Crippen LogP contribution < -0.4 is 4.74 Å². The molecular weight excluding hydrogens is 331 g/mol. The monoisotopic (exact) mass is 341 g/mol. The number of rotatable bonds is 5. The summed E-state index contributed by atoms with van der Waals surface area (Å²) in [6.07, 6.45) is -4.68. The van der Waals surface area contributed by atoms with Gasteiger partial charge in [0.05, 0.1) is 29.6 Å². The minimum absolute atomic E-state index is 0.147. The van der Waals surface area contributed by atoms with Crippen LogP contribution in [0.25, 0.3) is 0 Å². The molecule has 0 aliphatic carbocycles. The fraction of sp³-hybridized carbons (Fsp3) is 0.417. The molecule has 21 heavy (non-hydrogen) atoms. The molecule has 9 heteroatoms. The van der Waals surface area contributed by atoms with Crippen molar-refractivity contribution in [2.75, 3.05) is 12.4 Å². The highest BCUT2D eigenvalue weighted by molar-refractivity contribution is 8.13. The maximum absolute atomic E-state index is 12.9. The molecule has 0 amide bonds. The van der Waals surface area contributed by atoms with E-state index >= 15 is 0 Å². The molecule has 0 saturated heterocycles. The van der Waals surface area contributed by atoms with Gasteiger partial charge in [-0.1, -0.05) is 6.92 Å². The van der Waals surface area contributed by atoms with Crippen molar-refractivity contribution in [3.63, 3.8) is 0 Å². The fourth-order valence-electron chi connectivity index (χ4n) is 1.57. The standard InChI is InChI=1S/C12H11ClF3NO3S/c1-8(7-21(13,18)19)6-20-11-3-2-9(5-17)4-10(11)12(14,15)16/h2-4,8H,6-7H2,1H3. The normalized spacial score (nSPS) is 13.5. The summed E-state index contributed by atoms with van der Waals surface area (Å²) in [5.74, 6) is -1.45. The van der Waals surface area contributed by atoms with E-state index in [1.165, 1.54) is 13.0 Å². The van der Waals surface area contributed by atoms with Crippen molar-refractivity contribution in [2.24, 2.45) is 5.92 Å². The molecule has 116 valence electrons. The Balaban J connectivity index is 2.91. The lowest BCUT2D eigenvalue weighted by atomic mass is 10.1. The van der Waals surface area contributed by atoms with E-state index in [2.05, 4.69) is 0 Å². The van der Waals surface area contributed by atoms with Gasteiger partial charge in [0.2, 0.25) is 9.05 Å². The van der Waals surface area contributed by atoms with Crippen LogP contribution in [0.2, 0.25) is 0 Å². The van der Waals surface area contributed by atoms with Gasteiger partial charge in [0.25, 0.3) is 0 Å². The van der Waals surface area contributed by atoms with Gasteiger partial charge in [-0.3, -0.25) is 0 Å². The summed E-state index contributed by atoms with van der Waals surface area (Å²) in [7, 11) is 1.30. The largest absolute Gasteiger partial charge is 0.493 e. The highest BCUT2D eigenvalue weighted by Crippen LogP contribution is 2.37. The van der Waals surface area contributed by atoms with Crippen LogP contribution in [0.4, 0.5) is 13.2 Å². The second-order valence-corrected chi connectivity index (χ2v) is 7.26. The molecule has 4 nitrogen and oxygen atoms in total. The maximum atomic E-state index is 12.9. The molecule has 1 aromatic rings. The highest BCUT2D eigenvalue weighted by Gasteiger charge is 2.35. The molecule has 1 atom stereocenters. The first kappa shape index (κ1) is 17.6. The summed E-state index contributed by atoms with van der Waals surface area (Å²) in [5.41, 5.74) is -1.23. The van der Waals surface area contributed by atoms with E-state index in [0.717, 1.165) is 6.07 Å². The van der Waals surface area contributed by atoms with Crippen molar-refractivity contribution in [3.05, 3.63) is 29.3 Å². The quantitative estimate of drug-likeness (QED) is 0.771. The zero-order valence-corrected chi connectivity index (χ0v) is 12.4. The predicted molar refractivity (Wildman–Crippen MR) is 70.5 cm³/mol. The third-order valence-electron chi connectivity index (χ3n) is 2.42. The topological polar surface area (TPSA) is 67.2 Å². The average molecular weight is 342 g/mol. The Morgan fingerprint density at radius 1 is 1.43 bits per heavy atom. The summed E-state index contributed by atoms with van der Waals surface area (Å²) in [5, 5.41) is 8.62. The van der Waals surface area contributed by atoms with E-state index in [-0.39, 0.29) is 12.2 Å². The first-order valence-electron chi connectivity index (χ1n) is 5.69. The summed E-state index contributed by atoms with van der Waals surface area (Å²) in [6.45, 7) is 1.23. The second-order valence-electron chi connectivity index (χ2n) is 4.44. The molecule has 1 unspecified atom stereocenters. The molecule has 0 radical (unpaired) electrons. The van der Waals surface area contributed by atoms with Crippen molar-refractivity contribution < 1.29 is 26.3 Å². The fourth-order valence-corrected chi connectivity index (χ4v) is 2.99. The Bertz CT molecular complexity index is 653. The molecule has 0 aliphatic heterocycles. The SMILES string of the molecule is CC(COc1ccc(C#N)cc1C(F)(F)F)CS(=O)(=O)Cl. The van der Waals surface area contributed by atoms with Crippen LogP contribution in [0, 0.1) is 17.2 Å². The van der Waals surface area contributed by atoms with Crippen LogP contribution in [0.15, 0.2) is 18.2 Å². The van der Waals surface area contributed by atoms with Gasteiger partial charge in [0.1, 0.15) is 5.75 Å². The van der Waals surface area contributed by atoms with Crippen LogP contribution in [0.1, 0.15) is 18.1 Å². The van der Waals surface area contributed by atoms with E-state index in [1.807, 2.05) is 0 Å². The number of nitrogens with zero attached hydrogens (tertiary/aromatic N) is 1.